The van der Waals surface area contributed by atoms with Crippen molar-refractivity contribution < 1.29 is 19.4 Å². The van der Waals surface area contributed by atoms with Gasteiger partial charge in [0, 0.05) is 25.1 Å². The summed E-state index contributed by atoms with van der Waals surface area (Å²) in [4.78, 5) is 13.7. The van der Waals surface area contributed by atoms with E-state index in [2.05, 4.69) is 11.8 Å². The van der Waals surface area contributed by atoms with Crippen molar-refractivity contribution >= 4 is 5.91 Å². The molecule has 2 rings (SSSR count). The van der Waals surface area contributed by atoms with Crippen molar-refractivity contribution in [2.45, 2.75) is 25.4 Å². The van der Waals surface area contributed by atoms with Crippen LogP contribution in [0.5, 0.6) is 0 Å². The molecule has 1 aliphatic heterocycles. The lowest BCUT2D eigenvalue weighted by molar-refractivity contribution is 0.0569. The van der Waals surface area contributed by atoms with Crippen LogP contribution in [0.3, 0.4) is 0 Å². The van der Waals surface area contributed by atoms with Crippen molar-refractivity contribution in [2.24, 2.45) is 0 Å². The number of benzene rings is 1. The molecule has 1 aromatic rings. The second kappa shape index (κ2) is 6.25. The summed E-state index contributed by atoms with van der Waals surface area (Å²) in [6, 6.07) is 4.20. The minimum Gasteiger partial charge on any atom is -0.395 e. The molecular weight excluding hydrogens is 273 g/mol. The van der Waals surface area contributed by atoms with Gasteiger partial charge in [-0.1, -0.05) is 11.8 Å². The molecule has 1 amide bonds. The van der Waals surface area contributed by atoms with Crippen molar-refractivity contribution in [1.29, 1.82) is 0 Å². The van der Waals surface area contributed by atoms with Gasteiger partial charge in [-0.3, -0.25) is 4.79 Å². The largest absolute Gasteiger partial charge is 0.395 e. The summed E-state index contributed by atoms with van der Waals surface area (Å²) < 4.78 is 14.0. The van der Waals surface area contributed by atoms with Gasteiger partial charge < -0.3 is 15.1 Å². The molecule has 1 aliphatic rings. The Balaban J connectivity index is 2.14. The van der Waals surface area contributed by atoms with Crippen LogP contribution in [0, 0.1) is 17.7 Å². The van der Waals surface area contributed by atoms with Crippen LogP contribution in [0.2, 0.25) is 0 Å². The SMILES string of the molecule is CC1(O)CCN(C(=O)c2ccc(C#CCCO)cc2F)C1. The molecule has 21 heavy (non-hydrogen) atoms. The van der Waals surface area contributed by atoms with E-state index in [1.54, 1.807) is 13.0 Å². The van der Waals surface area contributed by atoms with Crippen LogP contribution in [-0.4, -0.2) is 46.3 Å². The quantitative estimate of drug-likeness (QED) is 0.804. The highest BCUT2D eigenvalue weighted by atomic mass is 19.1. The molecule has 5 heteroatoms. The van der Waals surface area contributed by atoms with Crippen molar-refractivity contribution in [3.8, 4) is 11.8 Å². The number of likely N-dealkylation sites (tertiary alicyclic amines) is 1. The van der Waals surface area contributed by atoms with Gasteiger partial charge in [-0.25, -0.2) is 4.39 Å². The van der Waals surface area contributed by atoms with Gasteiger partial charge >= 0.3 is 0 Å². The van der Waals surface area contributed by atoms with Crippen LogP contribution < -0.4 is 0 Å². The number of hydrogen-bond donors (Lipinski definition) is 2. The zero-order chi connectivity index (χ0) is 15.5. The fraction of sp³-hybridized carbons (Fsp3) is 0.438. The first kappa shape index (κ1) is 15.5. The Hall–Kier alpha value is -1.90. The molecule has 0 spiro atoms. The molecule has 0 radical (unpaired) electrons. The van der Waals surface area contributed by atoms with Crippen LogP contribution in [-0.2, 0) is 0 Å². The van der Waals surface area contributed by atoms with Gasteiger partial charge in [-0.15, -0.1) is 0 Å². The van der Waals surface area contributed by atoms with E-state index in [0.717, 1.165) is 0 Å². The maximum Gasteiger partial charge on any atom is 0.256 e. The third kappa shape index (κ3) is 3.81. The summed E-state index contributed by atoms with van der Waals surface area (Å²) in [5, 5.41) is 18.5. The third-order valence-corrected chi connectivity index (χ3v) is 3.41. The van der Waals surface area contributed by atoms with Gasteiger partial charge in [0.05, 0.1) is 17.8 Å². The Morgan fingerprint density at radius 2 is 2.29 bits per heavy atom. The van der Waals surface area contributed by atoms with E-state index < -0.39 is 17.3 Å². The van der Waals surface area contributed by atoms with Crippen LogP contribution in [0.1, 0.15) is 35.7 Å². The Morgan fingerprint density at radius 1 is 1.52 bits per heavy atom. The average Bonchev–Trinajstić information content (AvgIpc) is 2.79. The molecule has 0 saturated carbocycles. The molecule has 1 atom stereocenters. The number of aliphatic hydroxyl groups is 2. The predicted octanol–water partition coefficient (Wildman–Crippen LogP) is 1.16. The molecule has 1 saturated heterocycles. The summed E-state index contributed by atoms with van der Waals surface area (Å²) >= 11 is 0. The molecule has 0 bridgehead atoms. The zero-order valence-corrected chi connectivity index (χ0v) is 11.9. The van der Waals surface area contributed by atoms with Crippen LogP contribution in [0.25, 0.3) is 0 Å². The summed E-state index contributed by atoms with van der Waals surface area (Å²) in [5.41, 5.74) is -0.451. The Labute approximate surface area is 123 Å². The Morgan fingerprint density at radius 3 is 2.86 bits per heavy atom. The molecule has 0 aliphatic carbocycles. The number of aliphatic hydroxyl groups excluding tert-OH is 1. The highest BCUT2D eigenvalue weighted by Crippen LogP contribution is 2.23. The van der Waals surface area contributed by atoms with Gasteiger partial charge in [0.1, 0.15) is 5.82 Å². The molecule has 112 valence electrons. The summed E-state index contributed by atoms with van der Waals surface area (Å²) in [5.74, 6) is 4.38. The standard InChI is InChI=1S/C16H18FNO3/c1-16(21)7-8-18(11-16)15(20)13-6-5-12(10-14(13)17)4-2-3-9-19/h5-6,10,19,21H,3,7-9,11H2,1H3. The lowest BCUT2D eigenvalue weighted by atomic mass is 10.1. The van der Waals surface area contributed by atoms with E-state index in [0.29, 0.717) is 24.9 Å². The molecule has 1 unspecified atom stereocenters. The topological polar surface area (TPSA) is 60.8 Å². The smallest absolute Gasteiger partial charge is 0.256 e. The zero-order valence-electron chi connectivity index (χ0n) is 11.9. The number of β-amino-alcohol motifs (C(OH)–C–C–N with tert-alkyl or cyclic N) is 1. The maximum atomic E-state index is 14.0. The second-order valence-corrected chi connectivity index (χ2v) is 5.44. The first-order chi connectivity index (χ1) is 9.93. The van der Waals surface area contributed by atoms with Gasteiger partial charge in [-0.2, -0.15) is 0 Å². The number of nitrogens with zero attached hydrogens (tertiary/aromatic N) is 1. The molecular formula is C16H18FNO3. The molecule has 1 heterocycles. The van der Waals surface area contributed by atoms with Crippen molar-refractivity contribution in [2.75, 3.05) is 19.7 Å². The van der Waals surface area contributed by atoms with Gasteiger partial charge in [-0.05, 0) is 31.5 Å². The fourth-order valence-electron chi connectivity index (χ4n) is 2.28. The monoisotopic (exact) mass is 291 g/mol. The minimum absolute atomic E-state index is 0.0135. The minimum atomic E-state index is -0.901. The van der Waals surface area contributed by atoms with Crippen LogP contribution in [0.15, 0.2) is 18.2 Å². The average molecular weight is 291 g/mol. The first-order valence-corrected chi connectivity index (χ1v) is 6.84. The van der Waals surface area contributed by atoms with E-state index in [1.165, 1.54) is 17.0 Å². The van der Waals surface area contributed by atoms with Gasteiger partial charge in [0.25, 0.3) is 5.91 Å². The molecule has 1 aromatic carbocycles. The van der Waals surface area contributed by atoms with Crippen molar-refractivity contribution in [3.63, 3.8) is 0 Å². The number of halogens is 1. The van der Waals surface area contributed by atoms with Gasteiger partial charge in [0.2, 0.25) is 0 Å². The van der Waals surface area contributed by atoms with Crippen LogP contribution in [0.4, 0.5) is 4.39 Å². The number of hydrogen-bond acceptors (Lipinski definition) is 3. The summed E-state index contributed by atoms with van der Waals surface area (Å²) in [7, 11) is 0. The van der Waals surface area contributed by atoms with Crippen LogP contribution >= 0.6 is 0 Å². The highest BCUT2D eigenvalue weighted by Gasteiger charge is 2.34. The number of amides is 1. The molecule has 1 fully saturated rings. The van der Waals surface area contributed by atoms with E-state index in [1.807, 2.05) is 0 Å². The maximum absolute atomic E-state index is 14.0. The normalized spacial score (nSPS) is 21.0. The summed E-state index contributed by atoms with van der Waals surface area (Å²) in [6.45, 7) is 2.25. The lowest BCUT2D eigenvalue weighted by Gasteiger charge is -2.19. The number of carbonyl (C=O) groups excluding carboxylic acids is 1. The third-order valence-electron chi connectivity index (χ3n) is 3.41. The predicted molar refractivity (Wildman–Crippen MR) is 76.1 cm³/mol. The molecule has 2 N–H and O–H groups in total. The lowest BCUT2D eigenvalue weighted by Crippen LogP contribution is -2.34. The number of rotatable bonds is 2. The Kier molecular flexibility index (Phi) is 4.61. The summed E-state index contributed by atoms with van der Waals surface area (Å²) in [6.07, 6.45) is 0.816. The first-order valence-electron chi connectivity index (χ1n) is 6.84. The van der Waals surface area contributed by atoms with E-state index in [9.17, 15) is 14.3 Å². The fourth-order valence-corrected chi connectivity index (χ4v) is 2.28. The van der Waals surface area contributed by atoms with Gasteiger partial charge in [0.15, 0.2) is 0 Å². The number of carbonyl (C=O) groups is 1. The van der Waals surface area contributed by atoms with Crippen molar-refractivity contribution in [1.82, 2.24) is 4.90 Å². The van der Waals surface area contributed by atoms with Crippen molar-refractivity contribution in [3.05, 3.63) is 35.1 Å². The van der Waals surface area contributed by atoms with E-state index in [4.69, 9.17) is 5.11 Å². The highest BCUT2D eigenvalue weighted by molar-refractivity contribution is 5.94. The molecule has 0 aromatic heterocycles. The second-order valence-electron chi connectivity index (χ2n) is 5.44. The Bertz CT molecular complexity index is 601. The van der Waals surface area contributed by atoms with E-state index in [-0.39, 0.29) is 18.7 Å². The van der Waals surface area contributed by atoms with E-state index >= 15 is 0 Å². The molecule has 4 nitrogen and oxygen atoms in total.